The van der Waals surface area contributed by atoms with Gasteiger partial charge in [0.2, 0.25) is 16.1 Å². The molecule has 0 heterocycles. The zero-order valence-corrected chi connectivity index (χ0v) is 15.1. The Kier molecular flexibility index (Phi) is 7.43. The van der Waals surface area contributed by atoms with Crippen LogP contribution in [-0.4, -0.2) is 38.3 Å². The Morgan fingerprint density at radius 2 is 1.23 bits per heavy atom. The third-order valence-electron chi connectivity index (χ3n) is 3.08. The normalized spacial score (nSPS) is 10.3. The van der Waals surface area contributed by atoms with Crippen LogP contribution in [0.25, 0.3) is 0 Å². The van der Waals surface area contributed by atoms with Gasteiger partial charge in [0.1, 0.15) is 11.1 Å². The van der Waals surface area contributed by atoms with Gasteiger partial charge in [-0.15, -0.1) is 0 Å². The van der Waals surface area contributed by atoms with Crippen LogP contribution in [-0.2, 0) is 9.59 Å². The van der Waals surface area contributed by atoms with Crippen LogP contribution in [0.2, 0.25) is 0 Å². The summed E-state index contributed by atoms with van der Waals surface area (Å²) in [5, 5.41) is 10.2. The van der Waals surface area contributed by atoms with E-state index < -0.39 is 23.0 Å². The lowest BCUT2D eigenvalue weighted by atomic mass is 10.2. The number of benzene rings is 2. The van der Waals surface area contributed by atoms with Gasteiger partial charge in [-0.1, -0.05) is 84.2 Å². The van der Waals surface area contributed by atoms with E-state index in [1.807, 2.05) is 0 Å². The molecule has 0 fully saturated rings. The van der Waals surface area contributed by atoms with Crippen molar-refractivity contribution in [3.8, 4) is 0 Å². The van der Waals surface area contributed by atoms with Crippen molar-refractivity contribution < 1.29 is 24.3 Å². The molecule has 2 aromatic rings. The van der Waals surface area contributed by atoms with Gasteiger partial charge in [-0.05, 0) is 0 Å². The Balaban J connectivity index is 2.13. The van der Waals surface area contributed by atoms with E-state index in [9.17, 15) is 19.2 Å². The van der Waals surface area contributed by atoms with Gasteiger partial charge < -0.3 is 10.4 Å². The van der Waals surface area contributed by atoms with E-state index in [1.165, 1.54) is 0 Å². The minimum Gasteiger partial charge on any atom is -0.480 e. The molecule has 0 aliphatic carbocycles. The molecule has 0 spiro atoms. The molecule has 2 N–H and O–H groups in total. The first-order valence-corrected chi connectivity index (χ1v) is 9.25. The molecule has 134 valence electrons. The van der Waals surface area contributed by atoms with Crippen molar-refractivity contribution in [1.82, 2.24) is 5.32 Å². The standard InChI is InChI=1S/C18H15NO5S2/c20-14(21)11-19-15(22)18(25-16(23)12-7-3-1-4-8-12)26-17(24)13-9-5-2-6-10-13/h1-10,18H,11H2,(H,19,22)(H,20,21). The molecule has 0 aromatic heterocycles. The molecule has 0 atom stereocenters. The lowest BCUT2D eigenvalue weighted by Gasteiger charge is -2.14. The van der Waals surface area contributed by atoms with Gasteiger partial charge in [-0.2, -0.15) is 0 Å². The van der Waals surface area contributed by atoms with E-state index in [-0.39, 0.29) is 10.2 Å². The van der Waals surface area contributed by atoms with E-state index in [4.69, 9.17) is 5.11 Å². The van der Waals surface area contributed by atoms with E-state index in [1.54, 1.807) is 60.7 Å². The molecule has 0 saturated carbocycles. The zero-order chi connectivity index (χ0) is 18.9. The number of aliphatic carboxylic acids is 1. The van der Waals surface area contributed by atoms with Crippen LogP contribution in [0.1, 0.15) is 20.7 Å². The number of thioether (sulfide) groups is 2. The predicted octanol–water partition coefficient (Wildman–Crippen LogP) is 2.66. The molecule has 26 heavy (non-hydrogen) atoms. The minimum atomic E-state index is -1.21. The summed E-state index contributed by atoms with van der Waals surface area (Å²) >= 11 is 1.36. The van der Waals surface area contributed by atoms with E-state index in [0.29, 0.717) is 34.7 Å². The molecule has 0 aliphatic heterocycles. The van der Waals surface area contributed by atoms with Crippen LogP contribution < -0.4 is 5.32 Å². The summed E-state index contributed by atoms with van der Waals surface area (Å²) in [7, 11) is 0. The van der Waals surface area contributed by atoms with Crippen molar-refractivity contribution in [2.45, 2.75) is 4.58 Å². The molecule has 8 heteroatoms. The van der Waals surface area contributed by atoms with E-state index >= 15 is 0 Å². The van der Waals surface area contributed by atoms with Crippen LogP contribution in [0.4, 0.5) is 0 Å². The van der Waals surface area contributed by atoms with Crippen molar-refractivity contribution in [3.63, 3.8) is 0 Å². The lowest BCUT2D eigenvalue weighted by Crippen LogP contribution is -2.35. The molecule has 2 rings (SSSR count). The average Bonchev–Trinajstić information content (AvgIpc) is 2.66. The molecule has 1 amide bonds. The largest absolute Gasteiger partial charge is 0.480 e. The Labute approximate surface area is 158 Å². The number of carboxylic acid groups (broad SMARTS) is 1. The Morgan fingerprint density at radius 3 is 1.62 bits per heavy atom. The van der Waals surface area contributed by atoms with Gasteiger partial charge in [0.05, 0.1) is 0 Å². The maximum atomic E-state index is 12.4. The lowest BCUT2D eigenvalue weighted by molar-refractivity contribution is -0.137. The average molecular weight is 389 g/mol. The monoisotopic (exact) mass is 389 g/mol. The fourth-order valence-electron chi connectivity index (χ4n) is 1.86. The topological polar surface area (TPSA) is 101 Å². The summed E-state index contributed by atoms with van der Waals surface area (Å²) in [6.45, 7) is -0.588. The predicted molar refractivity (Wildman–Crippen MR) is 101 cm³/mol. The number of carbonyl (C=O) groups excluding carboxylic acids is 3. The van der Waals surface area contributed by atoms with Crippen molar-refractivity contribution in [2.75, 3.05) is 6.54 Å². The second kappa shape index (κ2) is 9.79. The summed E-state index contributed by atoms with van der Waals surface area (Å²) < 4.78 is -1.10. The number of nitrogens with one attached hydrogen (secondary N) is 1. The van der Waals surface area contributed by atoms with Crippen LogP contribution in [0.15, 0.2) is 60.7 Å². The summed E-state index contributed by atoms with van der Waals surface area (Å²) in [6, 6.07) is 16.7. The molecule has 0 saturated heterocycles. The molecule has 0 radical (unpaired) electrons. The van der Waals surface area contributed by atoms with Crippen molar-refractivity contribution in [2.24, 2.45) is 0 Å². The second-order valence-corrected chi connectivity index (χ2v) is 7.44. The molecular formula is C18H15NO5S2. The van der Waals surface area contributed by atoms with E-state index in [2.05, 4.69) is 5.32 Å². The summed E-state index contributed by atoms with van der Waals surface area (Å²) in [5.41, 5.74) is 0.780. The number of hydrogen-bond acceptors (Lipinski definition) is 6. The van der Waals surface area contributed by atoms with Crippen LogP contribution >= 0.6 is 23.5 Å². The molecule has 6 nitrogen and oxygen atoms in total. The SMILES string of the molecule is O=C(O)CNC(=O)C(SC(=O)c1ccccc1)SC(=O)c1ccccc1. The summed E-state index contributed by atoms with van der Waals surface area (Å²) in [5.74, 6) is -1.91. The first-order valence-electron chi connectivity index (χ1n) is 7.49. The summed E-state index contributed by atoms with van der Waals surface area (Å²) in [6.07, 6.45) is 0. The van der Waals surface area contributed by atoms with Gasteiger partial charge in [-0.3, -0.25) is 19.2 Å². The molecule has 0 bridgehead atoms. The van der Waals surface area contributed by atoms with Crippen molar-refractivity contribution >= 4 is 45.6 Å². The minimum absolute atomic E-state index is 0.380. The van der Waals surface area contributed by atoms with E-state index in [0.717, 1.165) is 0 Å². The first kappa shape index (κ1) is 19.7. The van der Waals surface area contributed by atoms with Gasteiger partial charge in [-0.25, -0.2) is 0 Å². The van der Waals surface area contributed by atoms with Crippen LogP contribution in [0.3, 0.4) is 0 Å². The van der Waals surface area contributed by atoms with Gasteiger partial charge >= 0.3 is 5.97 Å². The molecule has 2 aromatic carbocycles. The van der Waals surface area contributed by atoms with Crippen molar-refractivity contribution in [3.05, 3.63) is 71.8 Å². The number of hydrogen-bond donors (Lipinski definition) is 2. The highest BCUT2D eigenvalue weighted by molar-refractivity contribution is 8.31. The smallest absolute Gasteiger partial charge is 0.322 e. The molecular weight excluding hydrogens is 374 g/mol. The second-order valence-electron chi connectivity index (χ2n) is 4.99. The Bertz CT molecular complexity index is 742. The summed E-state index contributed by atoms with van der Waals surface area (Å²) in [4.78, 5) is 47.6. The molecule has 0 aliphatic rings. The van der Waals surface area contributed by atoms with Gasteiger partial charge in [0.15, 0.2) is 0 Å². The maximum Gasteiger partial charge on any atom is 0.322 e. The molecule has 0 unspecified atom stereocenters. The highest BCUT2D eigenvalue weighted by Crippen LogP contribution is 2.30. The Hall–Kier alpha value is -2.58. The third kappa shape index (κ3) is 6.05. The third-order valence-corrected chi connectivity index (χ3v) is 5.41. The first-order chi connectivity index (χ1) is 12.5. The number of carboxylic acids is 1. The zero-order valence-electron chi connectivity index (χ0n) is 13.5. The maximum absolute atomic E-state index is 12.4. The number of rotatable bonds is 7. The van der Waals surface area contributed by atoms with Crippen molar-refractivity contribution in [1.29, 1.82) is 0 Å². The fraction of sp³-hybridized carbons (Fsp3) is 0.111. The highest BCUT2D eigenvalue weighted by Gasteiger charge is 2.27. The van der Waals surface area contributed by atoms with Gasteiger partial charge in [0, 0.05) is 11.1 Å². The van der Waals surface area contributed by atoms with Crippen LogP contribution in [0, 0.1) is 0 Å². The van der Waals surface area contributed by atoms with Gasteiger partial charge in [0.25, 0.3) is 0 Å². The number of amides is 1. The quantitative estimate of drug-likeness (QED) is 0.702. The highest BCUT2D eigenvalue weighted by atomic mass is 32.2. The van der Waals surface area contributed by atoms with Crippen LogP contribution in [0.5, 0.6) is 0 Å². The Morgan fingerprint density at radius 1 is 0.808 bits per heavy atom. The number of carbonyl (C=O) groups is 4. The fourth-order valence-corrected chi connectivity index (χ4v) is 3.89.